The van der Waals surface area contributed by atoms with E-state index in [1.807, 2.05) is 20.0 Å². The van der Waals surface area contributed by atoms with Gasteiger partial charge in [-0.2, -0.15) is 5.10 Å². The number of aromatic nitrogens is 2. The standard InChI is InChI=1S/C14H18FN3O/c1-10(16)11-3-4-14(13(15)9-11)19-8-6-12-5-7-17-18(12)2/h3-5,7,9-10H,6,8,16H2,1-2H3/t10-/m0/s1. The molecule has 0 bridgehead atoms. The molecule has 19 heavy (non-hydrogen) atoms. The van der Waals surface area contributed by atoms with Gasteiger partial charge >= 0.3 is 0 Å². The number of hydrogen-bond donors (Lipinski definition) is 1. The minimum Gasteiger partial charge on any atom is -0.490 e. The Morgan fingerprint density at radius 1 is 1.42 bits per heavy atom. The molecule has 0 unspecified atom stereocenters. The van der Waals surface area contributed by atoms with E-state index in [0.717, 1.165) is 11.3 Å². The van der Waals surface area contributed by atoms with E-state index >= 15 is 0 Å². The van der Waals surface area contributed by atoms with Crippen LogP contribution in [0.4, 0.5) is 4.39 Å². The van der Waals surface area contributed by atoms with Crippen LogP contribution < -0.4 is 10.5 Å². The largest absolute Gasteiger partial charge is 0.490 e. The average Bonchev–Trinajstić information content (AvgIpc) is 2.77. The summed E-state index contributed by atoms with van der Waals surface area (Å²) >= 11 is 0. The van der Waals surface area contributed by atoms with Gasteiger partial charge in [-0.15, -0.1) is 0 Å². The number of aryl methyl sites for hydroxylation is 1. The molecule has 1 aromatic carbocycles. The van der Waals surface area contributed by atoms with E-state index in [-0.39, 0.29) is 17.6 Å². The van der Waals surface area contributed by atoms with Crippen molar-refractivity contribution in [2.24, 2.45) is 12.8 Å². The van der Waals surface area contributed by atoms with Crippen LogP contribution in [0.25, 0.3) is 0 Å². The van der Waals surface area contributed by atoms with E-state index in [2.05, 4.69) is 5.10 Å². The third kappa shape index (κ3) is 3.32. The van der Waals surface area contributed by atoms with Crippen molar-refractivity contribution < 1.29 is 9.13 Å². The van der Waals surface area contributed by atoms with Crippen molar-refractivity contribution in [2.45, 2.75) is 19.4 Å². The monoisotopic (exact) mass is 263 g/mol. The van der Waals surface area contributed by atoms with Crippen LogP contribution in [0.2, 0.25) is 0 Å². The molecule has 1 heterocycles. The highest BCUT2D eigenvalue weighted by Crippen LogP contribution is 2.21. The Labute approximate surface area is 112 Å². The van der Waals surface area contributed by atoms with Crippen LogP contribution in [-0.2, 0) is 13.5 Å². The fraction of sp³-hybridized carbons (Fsp3) is 0.357. The maximum Gasteiger partial charge on any atom is 0.165 e. The molecule has 2 aromatic rings. The summed E-state index contributed by atoms with van der Waals surface area (Å²) in [6.45, 7) is 2.23. The van der Waals surface area contributed by atoms with Crippen LogP contribution in [0.15, 0.2) is 30.5 Å². The Balaban J connectivity index is 1.95. The number of hydrogen-bond acceptors (Lipinski definition) is 3. The van der Waals surface area contributed by atoms with E-state index < -0.39 is 0 Å². The molecule has 0 saturated carbocycles. The van der Waals surface area contributed by atoms with E-state index in [4.69, 9.17) is 10.5 Å². The minimum atomic E-state index is -0.375. The zero-order chi connectivity index (χ0) is 13.8. The molecule has 0 radical (unpaired) electrons. The van der Waals surface area contributed by atoms with Gasteiger partial charge in [0.2, 0.25) is 0 Å². The van der Waals surface area contributed by atoms with Crippen LogP contribution in [0.3, 0.4) is 0 Å². The number of nitrogens with zero attached hydrogens (tertiary/aromatic N) is 2. The molecule has 0 aliphatic rings. The van der Waals surface area contributed by atoms with Crippen molar-refractivity contribution >= 4 is 0 Å². The lowest BCUT2D eigenvalue weighted by molar-refractivity contribution is 0.302. The molecule has 2 N–H and O–H groups in total. The van der Waals surface area contributed by atoms with Gasteiger partial charge < -0.3 is 10.5 Å². The average molecular weight is 263 g/mol. The number of rotatable bonds is 5. The highest BCUT2D eigenvalue weighted by atomic mass is 19.1. The lowest BCUT2D eigenvalue weighted by atomic mass is 10.1. The molecule has 102 valence electrons. The predicted octanol–water partition coefficient (Wildman–Crippen LogP) is 2.20. The smallest absolute Gasteiger partial charge is 0.165 e. The molecule has 0 aliphatic heterocycles. The molecule has 5 heteroatoms. The van der Waals surface area contributed by atoms with Gasteiger partial charge in [-0.3, -0.25) is 4.68 Å². The van der Waals surface area contributed by atoms with Gasteiger partial charge in [-0.25, -0.2) is 4.39 Å². The van der Waals surface area contributed by atoms with E-state index in [1.165, 1.54) is 6.07 Å². The maximum absolute atomic E-state index is 13.8. The minimum absolute atomic E-state index is 0.182. The van der Waals surface area contributed by atoms with Gasteiger partial charge in [0, 0.05) is 31.4 Å². The molecule has 0 aliphatic carbocycles. The van der Waals surface area contributed by atoms with Crippen molar-refractivity contribution in [1.82, 2.24) is 9.78 Å². The number of ether oxygens (including phenoxy) is 1. The third-order valence-electron chi connectivity index (χ3n) is 3.02. The zero-order valence-electron chi connectivity index (χ0n) is 11.1. The third-order valence-corrected chi connectivity index (χ3v) is 3.02. The summed E-state index contributed by atoms with van der Waals surface area (Å²) in [5.74, 6) is -0.119. The quantitative estimate of drug-likeness (QED) is 0.899. The Bertz CT molecular complexity index is 551. The first kappa shape index (κ1) is 13.5. The molecule has 0 fully saturated rings. The zero-order valence-corrected chi connectivity index (χ0v) is 11.1. The van der Waals surface area contributed by atoms with Gasteiger partial charge in [-0.1, -0.05) is 6.07 Å². The van der Waals surface area contributed by atoms with Crippen molar-refractivity contribution in [3.63, 3.8) is 0 Å². The number of benzene rings is 1. The fourth-order valence-corrected chi connectivity index (χ4v) is 1.83. The second-order valence-corrected chi connectivity index (χ2v) is 4.52. The molecule has 1 aromatic heterocycles. The lowest BCUT2D eigenvalue weighted by Crippen LogP contribution is -2.08. The fourth-order valence-electron chi connectivity index (χ4n) is 1.83. The first-order valence-corrected chi connectivity index (χ1v) is 6.22. The summed E-state index contributed by atoms with van der Waals surface area (Å²) in [6, 6.07) is 6.56. The van der Waals surface area contributed by atoms with Gasteiger partial charge in [0.05, 0.1) is 6.61 Å². The first-order chi connectivity index (χ1) is 9.08. The van der Waals surface area contributed by atoms with Crippen molar-refractivity contribution in [1.29, 1.82) is 0 Å². The van der Waals surface area contributed by atoms with Crippen molar-refractivity contribution in [2.75, 3.05) is 6.61 Å². The SMILES string of the molecule is C[C@H](N)c1ccc(OCCc2ccnn2C)c(F)c1. The molecule has 0 spiro atoms. The second-order valence-electron chi connectivity index (χ2n) is 4.52. The van der Waals surface area contributed by atoms with Gasteiger partial charge in [0.15, 0.2) is 11.6 Å². The number of nitrogens with two attached hydrogens (primary N) is 1. The summed E-state index contributed by atoms with van der Waals surface area (Å²) in [5.41, 5.74) is 7.51. The van der Waals surface area contributed by atoms with Gasteiger partial charge in [0.1, 0.15) is 0 Å². The molecular weight excluding hydrogens is 245 g/mol. The molecule has 1 atom stereocenters. The number of halogens is 1. The van der Waals surface area contributed by atoms with Crippen molar-refractivity contribution in [3.8, 4) is 5.75 Å². The van der Waals surface area contributed by atoms with Crippen molar-refractivity contribution in [3.05, 3.63) is 47.5 Å². The molecule has 2 rings (SSSR count). The summed E-state index contributed by atoms with van der Waals surface area (Å²) in [5, 5.41) is 4.06. The Morgan fingerprint density at radius 3 is 2.79 bits per heavy atom. The Morgan fingerprint density at radius 2 is 2.21 bits per heavy atom. The van der Waals surface area contributed by atoms with Crippen LogP contribution in [-0.4, -0.2) is 16.4 Å². The topological polar surface area (TPSA) is 53.1 Å². The second kappa shape index (κ2) is 5.84. The van der Waals surface area contributed by atoms with Crippen LogP contribution in [0.5, 0.6) is 5.75 Å². The normalized spacial score (nSPS) is 12.4. The molecule has 4 nitrogen and oxygen atoms in total. The summed E-state index contributed by atoms with van der Waals surface area (Å²) in [4.78, 5) is 0. The Hall–Kier alpha value is -1.88. The van der Waals surface area contributed by atoms with Crippen LogP contribution >= 0.6 is 0 Å². The van der Waals surface area contributed by atoms with Crippen LogP contribution in [0.1, 0.15) is 24.2 Å². The maximum atomic E-state index is 13.8. The highest BCUT2D eigenvalue weighted by molar-refractivity contribution is 5.30. The van der Waals surface area contributed by atoms with Crippen LogP contribution in [0, 0.1) is 5.82 Å². The summed E-state index contributed by atoms with van der Waals surface area (Å²) in [6.07, 6.45) is 2.42. The molecule has 0 amide bonds. The first-order valence-electron chi connectivity index (χ1n) is 6.22. The lowest BCUT2D eigenvalue weighted by Gasteiger charge is -2.10. The Kier molecular flexibility index (Phi) is 4.16. The van der Waals surface area contributed by atoms with Gasteiger partial charge in [-0.05, 0) is 30.7 Å². The van der Waals surface area contributed by atoms with E-state index in [0.29, 0.717) is 13.0 Å². The molecule has 0 saturated heterocycles. The summed E-state index contributed by atoms with van der Waals surface area (Å²) in [7, 11) is 1.87. The summed E-state index contributed by atoms with van der Waals surface area (Å²) < 4.78 is 21.0. The molecular formula is C14H18FN3O. The highest BCUT2D eigenvalue weighted by Gasteiger charge is 2.07. The van der Waals surface area contributed by atoms with E-state index in [9.17, 15) is 4.39 Å². The van der Waals surface area contributed by atoms with E-state index in [1.54, 1.807) is 23.0 Å². The van der Waals surface area contributed by atoms with Gasteiger partial charge in [0.25, 0.3) is 0 Å². The predicted molar refractivity (Wildman–Crippen MR) is 71.4 cm³/mol.